The number of rotatable bonds is 6. The maximum atomic E-state index is 13.3. The zero-order valence-electron chi connectivity index (χ0n) is 10.5. The van der Waals surface area contributed by atoms with Crippen LogP contribution in [0.25, 0.3) is 0 Å². The standard InChI is InChI=1S/C16H15FO2/c17-16-9-5-4-8-14(16)11-19-12-15(18)10-13-6-2-1-3-7-13/h1-9H,10-12H2. The minimum atomic E-state index is -0.307. The largest absolute Gasteiger partial charge is 0.369 e. The summed E-state index contributed by atoms with van der Waals surface area (Å²) in [6.45, 7) is 0.121. The second-order valence-electron chi connectivity index (χ2n) is 4.29. The van der Waals surface area contributed by atoms with Gasteiger partial charge in [-0.1, -0.05) is 48.5 Å². The Balaban J connectivity index is 1.77. The van der Waals surface area contributed by atoms with Gasteiger partial charge in [0.15, 0.2) is 5.78 Å². The molecular weight excluding hydrogens is 243 g/mol. The van der Waals surface area contributed by atoms with Crippen molar-refractivity contribution in [3.8, 4) is 0 Å². The lowest BCUT2D eigenvalue weighted by atomic mass is 10.1. The summed E-state index contributed by atoms with van der Waals surface area (Å²) in [6, 6.07) is 15.9. The molecule has 0 aromatic heterocycles. The number of Topliss-reactive ketones (excluding diaryl/α,β-unsaturated/α-hetero) is 1. The van der Waals surface area contributed by atoms with Crippen molar-refractivity contribution in [2.45, 2.75) is 13.0 Å². The minimum absolute atomic E-state index is 0.00320. The van der Waals surface area contributed by atoms with E-state index in [1.165, 1.54) is 6.07 Å². The van der Waals surface area contributed by atoms with Crippen LogP contribution in [0.4, 0.5) is 4.39 Å². The van der Waals surface area contributed by atoms with Gasteiger partial charge in [-0.05, 0) is 11.6 Å². The zero-order chi connectivity index (χ0) is 13.5. The van der Waals surface area contributed by atoms with Crippen LogP contribution >= 0.6 is 0 Å². The van der Waals surface area contributed by atoms with Crippen LogP contribution in [0.5, 0.6) is 0 Å². The molecule has 2 aromatic rings. The van der Waals surface area contributed by atoms with Gasteiger partial charge in [0.1, 0.15) is 12.4 Å². The number of hydrogen-bond donors (Lipinski definition) is 0. The van der Waals surface area contributed by atoms with Crippen LogP contribution in [0.1, 0.15) is 11.1 Å². The summed E-state index contributed by atoms with van der Waals surface area (Å²) in [7, 11) is 0. The molecule has 0 saturated carbocycles. The molecule has 0 bridgehead atoms. The molecule has 0 amide bonds. The number of ketones is 1. The van der Waals surface area contributed by atoms with E-state index in [1.54, 1.807) is 18.2 Å². The molecule has 19 heavy (non-hydrogen) atoms. The predicted octanol–water partition coefficient (Wildman–Crippen LogP) is 3.15. The number of carbonyl (C=O) groups is 1. The average Bonchev–Trinajstić information content (AvgIpc) is 2.42. The summed E-state index contributed by atoms with van der Waals surface area (Å²) in [6.07, 6.45) is 0.345. The number of hydrogen-bond acceptors (Lipinski definition) is 2. The highest BCUT2D eigenvalue weighted by atomic mass is 19.1. The van der Waals surface area contributed by atoms with E-state index in [2.05, 4.69) is 0 Å². The van der Waals surface area contributed by atoms with Crippen LogP contribution in [-0.4, -0.2) is 12.4 Å². The van der Waals surface area contributed by atoms with Gasteiger partial charge in [-0.15, -0.1) is 0 Å². The maximum Gasteiger partial charge on any atom is 0.162 e. The second kappa shape index (κ2) is 6.81. The Hall–Kier alpha value is -2.00. The predicted molar refractivity (Wildman–Crippen MR) is 71.2 cm³/mol. The van der Waals surface area contributed by atoms with Crippen molar-refractivity contribution in [2.75, 3.05) is 6.61 Å². The van der Waals surface area contributed by atoms with E-state index in [1.807, 2.05) is 30.3 Å². The van der Waals surface area contributed by atoms with Crippen LogP contribution in [0.2, 0.25) is 0 Å². The van der Waals surface area contributed by atoms with Crippen LogP contribution in [0.3, 0.4) is 0 Å². The first-order valence-corrected chi connectivity index (χ1v) is 6.12. The quantitative estimate of drug-likeness (QED) is 0.795. The lowest BCUT2D eigenvalue weighted by Crippen LogP contribution is -2.11. The molecule has 0 aliphatic rings. The Labute approximate surface area is 111 Å². The molecular formula is C16H15FO2. The van der Waals surface area contributed by atoms with Gasteiger partial charge in [0.25, 0.3) is 0 Å². The fourth-order valence-corrected chi connectivity index (χ4v) is 1.76. The molecule has 0 heterocycles. The fourth-order valence-electron chi connectivity index (χ4n) is 1.76. The normalized spacial score (nSPS) is 10.4. The number of carbonyl (C=O) groups excluding carboxylic acids is 1. The fraction of sp³-hybridized carbons (Fsp3) is 0.188. The van der Waals surface area contributed by atoms with Gasteiger partial charge in [-0.3, -0.25) is 4.79 Å². The van der Waals surface area contributed by atoms with Crippen molar-refractivity contribution in [1.82, 2.24) is 0 Å². The molecule has 0 aliphatic carbocycles. The van der Waals surface area contributed by atoms with E-state index in [4.69, 9.17) is 4.74 Å². The minimum Gasteiger partial charge on any atom is -0.369 e. The summed E-state index contributed by atoms with van der Waals surface area (Å²) in [5.41, 5.74) is 1.43. The highest BCUT2D eigenvalue weighted by Crippen LogP contribution is 2.08. The summed E-state index contributed by atoms with van der Waals surface area (Å²) < 4.78 is 18.5. The molecule has 2 rings (SSSR count). The van der Waals surface area contributed by atoms with E-state index in [9.17, 15) is 9.18 Å². The van der Waals surface area contributed by atoms with E-state index in [0.29, 0.717) is 12.0 Å². The molecule has 0 unspecified atom stereocenters. The monoisotopic (exact) mass is 258 g/mol. The second-order valence-corrected chi connectivity index (χ2v) is 4.29. The molecule has 3 heteroatoms. The van der Waals surface area contributed by atoms with Gasteiger partial charge in [0.2, 0.25) is 0 Å². The third-order valence-corrected chi connectivity index (χ3v) is 2.72. The van der Waals surface area contributed by atoms with E-state index in [-0.39, 0.29) is 24.8 Å². The highest BCUT2D eigenvalue weighted by Gasteiger charge is 2.05. The Morgan fingerprint density at radius 3 is 2.42 bits per heavy atom. The number of benzene rings is 2. The topological polar surface area (TPSA) is 26.3 Å². The van der Waals surface area contributed by atoms with Crippen LogP contribution in [0.15, 0.2) is 54.6 Å². The lowest BCUT2D eigenvalue weighted by molar-refractivity contribution is -0.123. The van der Waals surface area contributed by atoms with E-state index >= 15 is 0 Å². The Morgan fingerprint density at radius 1 is 1.00 bits per heavy atom. The average molecular weight is 258 g/mol. The van der Waals surface area contributed by atoms with Gasteiger partial charge in [-0.2, -0.15) is 0 Å². The summed E-state index contributed by atoms with van der Waals surface area (Å²) >= 11 is 0. The number of ether oxygens (including phenoxy) is 1. The van der Waals surface area contributed by atoms with Crippen molar-refractivity contribution in [1.29, 1.82) is 0 Å². The third-order valence-electron chi connectivity index (χ3n) is 2.72. The van der Waals surface area contributed by atoms with E-state index in [0.717, 1.165) is 5.56 Å². The molecule has 0 spiro atoms. The smallest absolute Gasteiger partial charge is 0.162 e. The molecule has 0 aliphatic heterocycles. The summed E-state index contributed by atoms with van der Waals surface area (Å²) in [5.74, 6) is -0.319. The van der Waals surface area contributed by atoms with E-state index < -0.39 is 0 Å². The van der Waals surface area contributed by atoms with Crippen molar-refractivity contribution >= 4 is 5.78 Å². The zero-order valence-corrected chi connectivity index (χ0v) is 10.5. The molecule has 0 fully saturated rings. The SMILES string of the molecule is O=C(COCc1ccccc1F)Cc1ccccc1. The van der Waals surface area contributed by atoms with Crippen LogP contribution in [0, 0.1) is 5.82 Å². The molecule has 2 aromatic carbocycles. The van der Waals surface area contributed by atoms with Gasteiger partial charge in [-0.25, -0.2) is 4.39 Å². The molecule has 2 nitrogen and oxygen atoms in total. The van der Waals surface area contributed by atoms with Crippen molar-refractivity contribution in [3.05, 3.63) is 71.5 Å². The maximum absolute atomic E-state index is 13.3. The van der Waals surface area contributed by atoms with Gasteiger partial charge < -0.3 is 4.74 Å². The third kappa shape index (κ3) is 4.30. The van der Waals surface area contributed by atoms with Crippen LogP contribution < -0.4 is 0 Å². The molecule has 0 saturated heterocycles. The molecule has 98 valence electrons. The number of halogens is 1. The lowest BCUT2D eigenvalue weighted by Gasteiger charge is -2.05. The highest BCUT2D eigenvalue weighted by molar-refractivity contribution is 5.82. The Morgan fingerprint density at radius 2 is 1.68 bits per heavy atom. The van der Waals surface area contributed by atoms with Crippen molar-refractivity contribution in [2.24, 2.45) is 0 Å². The first-order chi connectivity index (χ1) is 9.25. The van der Waals surface area contributed by atoms with Gasteiger partial charge >= 0.3 is 0 Å². The molecule has 0 atom stereocenters. The first-order valence-electron chi connectivity index (χ1n) is 6.12. The van der Waals surface area contributed by atoms with Gasteiger partial charge in [0.05, 0.1) is 6.61 Å². The molecule has 0 N–H and O–H groups in total. The van der Waals surface area contributed by atoms with Gasteiger partial charge in [0, 0.05) is 12.0 Å². The molecule has 0 radical (unpaired) electrons. The summed E-state index contributed by atoms with van der Waals surface area (Å²) in [5, 5.41) is 0. The Kier molecular flexibility index (Phi) is 4.81. The summed E-state index contributed by atoms with van der Waals surface area (Å²) in [4.78, 5) is 11.7. The first kappa shape index (κ1) is 13.4. The Bertz CT molecular complexity index is 537. The van der Waals surface area contributed by atoms with Crippen molar-refractivity contribution in [3.63, 3.8) is 0 Å². The van der Waals surface area contributed by atoms with Crippen molar-refractivity contribution < 1.29 is 13.9 Å². The van der Waals surface area contributed by atoms with Crippen LogP contribution in [-0.2, 0) is 22.6 Å².